The summed E-state index contributed by atoms with van der Waals surface area (Å²) >= 11 is 0. The fourth-order valence-corrected chi connectivity index (χ4v) is 4.77. The molecule has 1 aliphatic carbocycles. The Morgan fingerprint density at radius 2 is 2.09 bits per heavy atom. The van der Waals surface area contributed by atoms with Crippen LogP contribution in [0.4, 0.5) is 11.8 Å². The third-order valence-corrected chi connectivity index (χ3v) is 6.83. The van der Waals surface area contributed by atoms with Crippen LogP contribution in [-0.4, -0.2) is 44.7 Å². The lowest BCUT2D eigenvalue weighted by molar-refractivity contribution is -0.0537. The highest BCUT2D eigenvalue weighted by atomic mass is 16.5. The molecule has 32 heavy (non-hydrogen) atoms. The Bertz CT molecular complexity index is 1240. The van der Waals surface area contributed by atoms with Gasteiger partial charge in [0.15, 0.2) is 5.82 Å². The third kappa shape index (κ3) is 3.25. The van der Waals surface area contributed by atoms with Crippen molar-refractivity contribution < 1.29 is 9.84 Å². The minimum atomic E-state index is -0.337. The van der Waals surface area contributed by atoms with Crippen LogP contribution in [0.2, 0.25) is 0 Å². The van der Waals surface area contributed by atoms with Crippen molar-refractivity contribution in [3.8, 4) is 17.3 Å². The van der Waals surface area contributed by atoms with Gasteiger partial charge in [0.05, 0.1) is 48.3 Å². The lowest BCUT2D eigenvalue weighted by Crippen LogP contribution is -2.45. The molecule has 0 saturated carbocycles. The van der Waals surface area contributed by atoms with Gasteiger partial charge in [0, 0.05) is 30.3 Å². The summed E-state index contributed by atoms with van der Waals surface area (Å²) < 4.78 is 7.25. The van der Waals surface area contributed by atoms with E-state index in [0.717, 1.165) is 35.2 Å². The topological polar surface area (TPSA) is 109 Å². The summed E-state index contributed by atoms with van der Waals surface area (Å²) in [4.78, 5) is 9.03. The maximum absolute atomic E-state index is 9.97. The van der Waals surface area contributed by atoms with Crippen LogP contribution in [-0.2, 0) is 29.0 Å². The lowest BCUT2D eigenvalue weighted by Gasteiger charge is -2.37. The van der Waals surface area contributed by atoms with Gasteiger partial charge >= 0.3 is 0 Å². The van der Waals surface area contributed by atoms with Crippen molar-refractivity contribution in [2.75, 3.05) is 25.1 Å². The minimum Gasteiger partial charge on any atom is -0.395 e. The number of aromatic nitrogens is 4. The maximum atomic E-state index is 9.97. The number of nitriles is 1. The zero-order chi connectivity index (χ0) is 22.5. The third-order valence-electron chi connectivity index (χ3n) is 6.83. The Kier molecular flexibility index (Phi) is 4.77. The molecule has 0 radical (unpaired) electrons. The van der Waals surface area contributed by atoms with E-state index in [2.05, 4.69) is 39.4 Å². The molecule has 2 aliphatic rings. The summed E-state index contributed by atoms with van der Waals surface area (Å²) in [5.41, 5.74) is 5.01. The van der Waals surface area contributed by atoms with Gasteiger partial charge < -0.3 is 15.2 Å². The predicted molar refractivity (Wildman–Crippen MR) is 120 cm³/mol. The average molecular weight is 431 g/mol. The number of anilines is 2. The number of aliphatic hydroxyl groups excluding tert-OH is 1. The summed E-state index contributed by atoms with van der Waals surface area (Å²) in [5.74, 6) is 1.11. The zero-order valence-electron chi connectivity index (χ0n) is 18.5. The highest BCUT2D eigenvalue weighted by Crippen LogP contribution is 2.42. The molecule has 8 heteroatoms. The van der Waals surface area contributed by atoms with E-state index in [9.17, 15) is 10.4 Å². The van der Waals surface area contributed by atoms with E-state index < -0.39 is 0 Å². The average Bonchev–Trinajstić information content (AvgIpc) is 3.32. The van der Waals surface area contributed by atoms with Crippen LogP contribution < -0.4 is 5.32 Å². The van der Waals surface area contributed by atoms with Gasteiger partial charge in [-0.25, -0.2) is 9.97 Å². The first kappa shape index (κ1) is 20.6. The van der Waals surface area contributed by atoms with Crippen LogP contribution in [0.15, 0.2) is 30.5 Å². The monoisotopic (exact) mass is 430 g/mol. The Labute approximate surface area is 186 Å². The fraction of sp³-hybridized carbons (Fsp3) is 0.417. The van der Waals surface area contributed by atoms with Crippen LogP contribution in [0.5, 0.6) is 0 Å². The normalized spacial score (nSPS) is 21.0. The summed E-state index contributed by atoms with van der Waals surface area (Å²) in [6.45, 7) is 5.63. The Morgan fingerprint density at radius 1 is 1.28 bits per heavy atom. The highest BCUT2D eigenvalue weighted by molar-refractivity contribution is 5.68. The molecule has 1 saturated heterocycles. The number of nitrogens with one attached hydrogen (secondary N) is 1. The molecular weight excluding hydrogens is 404 g/mol. The summed E-state index contributed by atoms with van der Waals surface area (Å²) in [6.07, 6.45) is 3.33. The molecule has 5 rings (SSSR count). The smallest absolute Gasteiger partial charge is 0.228 e. The molecule has 1 unspecified atom stereocenters. The van der Waals surface area contributed by atoms with E-state index in [1.54, 1.807) is 6.20 Å². The molecule has 8 nitrogen and oxygen atoms in total. The lowest BCUT2D eigenvalue weighted by atomic mass is 9.83. The Hall–Kier alpha value is -3.28. The van der Waals surface area contributed by atoms with Gasteiger partial charge in [0.1, 0.15) is 0 Å². The molecule has 3 aromatic rings. The molecule has 1 aliphatic heterocycles. The first-order valence-corrected chi connectivity index (χ1v) is 10.8. The van der Waals surface area contributed by atoms with Crippen LogP contribution in [0.3, 0.4) is 0 Å². The second kappa shape index (κ2) is 7.40. The fourth-order valence-electron chi connectivity index (χ4n) is 4.77. The molecule has 2 aromatic heterocycles. The molecule has 1 fully saturated rings. The minimum absolute atomic E-state index is 0.0259. The van der Waals surface area contributed by atoms with Crippen molar-refractivity contribution in [1.29, 1.82) is 5.26 Å². The molecule has 0 spiro atoms. The van der Waals surface area contributed by atoms with Gasteiger partial charge in [-0.05, 0) is 49.1 Å². The van der Waals surface area contributed by atoms with Crippen molar-refractivity contribution in [1.82, 2.24) is 19.7 Å². The van der Waals surface area contributed by atoms with E-state index in [-0.39, 0.29) is 17.4 Å². The van der Waals surface area contributed by atoms with Gasteiger partial charge in [-0.1, -0.05) is 6.92 Å². The van der Waals surface area contributed by atoms with E-state index in [4.69, 9.17) is 4.74 Å². The second-order valence-electron chi connectivity index (χ2n) is 9.36. The Morgan fingerprint density at radius 3 is 2.78 bits per heavy atom. The van der Waals surface area contributed by atoms with Gasteiger partial charge in [-0.3, -0.25) is 4.68 Å². The van der Waals surface area contributed by atoms with Crippen molar-refractivity contribution in [2.24, 2.45) is 7.05 Å². The maximum Gasteiger partial charge on any atom is 0.228 e. The van der Waals surface area contributed by atoms with Crippen molar-refractivity contribution in [3.05, 3.63) is 52.8 Å². The Balaban J connectivity index is 1.47. The number of benzene rings is 1. The van der Waals surface area contributed by atoms with E-state index in [1.165, 1.54) is 0 Å². The molecule has 0 bridgehead atoms. The number of aliphatic hydroxyl groups is 1. The van der Waals surface area contributed by atoms with Gasteiger partial charge in [-0.15, -0.1) is 0 Å². The molecule has 0 amide bonds. The molecule has 1 atom stereocenters. The van der Waals surface area contributed by atoms with Crippen LogP contribution in [0, 0.1) is 11.3 Å². The van der Waals surface area contributed by atoms with E-state index in [0.29, 0.717) is 36.2 Å². The van der Waals surface area contributed by atoms with Gasteiger partial charge in [-0.2, -0.15) is 10.4 Å². The molecular formula is C24H26N6O2. The number of nitrogens with zero attached hydrogens (tertiary/aromatic N) is 5. The standard InChI is InChI=1S/C24H26N6O2/c1-23(12-31)6-4-17-16(11-25)8-15(9-18(17)23)19-5-7-26-22(27-19)28-21-10-20(30(3)29-21)24(2)13-32-14-24/h5,7-10,31H,4,6,12-14H2,1-3H3,(H,26,27,28,29). The molecule has 3 heterocycles. The molecule has 2 N–H and O–H groups in total. The summed E-state index contributed by atoms with van der Waals surface area (Å²) in [7, 11) is 1.92. The number of aryl methyl sites for hydroxylation is 1. The number of hydrogen-bond donors (Lipinski definition) is 2. The summed E-state index contributed by atoms with van der Waals surface area (Å²) in [5, 5.41) is 27.4. The summed E-state index contributed by atoms with van der Waals surface area (Å²) in [6, 6.07) is 10.1. The van der Waals surface area contributed by atoms with Crippen molar-refractivity contribution in [2.45, 2.75) is 37.5 Å². The predicted octanol–water partition coefficient (Wildman–Crippen LogP) is 2.98. The largest absolute Gasteiger partial charge is 0.395 e. The quantitative estimate of drug-likeness (QED) is 0.640. The van der Waals surface area contributed by atoms with Crippen LogP contribution in [0.1, 0.15) is 42.7 Å². The number of ether oxygens (including phenoxy) is 1. The number of rotatable bonds is 5. The van der Waals surface area contributed by atoms with Gasteiger partial charge in [0.25, 0.3) is 0 Å². The zero-order valence-corrected chi connectivity index (χ0v) is 18.5. The van der Waals surface area contributed by atoms with Crippen LogP contribution in [0.25, 0.3) is 11.3 Å². The molecule has 1 aromatic carbocycles. The first-order valence-electron chi connectivity index (χ1n) is 10.8. The van der Waals surface area contributed by atoms with Crippen molar-refractivity contribution in [3.63, 3.8) is 0 Å². The van der Waals surface area contributed by atoms with Gasteiger partial charge in [0.2, 0.25) is 5.95 Å². The van der Waals surface area contributed by atoms with E-state index in [1.807, 2.05) is 36.9 Å². The van der Waals surface area contributed by atoms with Crippen molar-refractivity contribution >= 4 is 11.8 Å². The SMILES string of the molecule is Cn1nc(Nc2nccc(-c3cc(C#N)c4c(c3)C(C)(CO)CC4)n2)cc1C1(C)COC1. The first-order chi connectivity index (χ1) is 15.3. The number of fused-ring (bicyclic) bond motifs is 1. The van der Waals surface area contributed by atoms with Crippen LogP contribution >= 0.6 is 0 Å². The second-order valence-corrected chi connectivity index (χ2v) is 9.36. The molecule has 164 valence electrons. The highest BCUT2D eigenvalue weighted by Gasteiger charge is 2.38. The number of hydrogen-bond acceptors (Lipinski definition) is 7. The van der Waals surface area contributed by atoms with E-state index >= 15 is 0 Å².